The molecule has 2 amide bonds. The lowest BCUT2D eigenvalue weighted by molar-refractivity contribution is -0.154. The number of hydrogen-bond acceptors (Lipinski definition) is 6. The predicted molar refractivity (Wildman–Crippen MR) is 136 cm³/mol. The van der Waals surface area contributed by atoms with Crippen LogP contribution < -0.4 is 16.2 Å². The SMILES string of the molecule is Cc1ccc(CC(COC(=O)C(C)(C)C)N(Cc2ccc(OCOCCN)cc2)C(N)=O)cc1C. The number of amides is 2. The third-order valence-electron chi connectivity index (χ3n) is 5.63. The molecule has 1 atom stereocenters. The fourth-order valence-electron chi connectivity index (χ4n) is 3.38. The lowest BCUT2D eigenvalue weighted by Crippen LogP contribution is -2.47. The Balaban J connectivity index is 2.19. The van der Waals surface area contributed by atoms with Gasteiger partial charge in [0.2, 0.25) is 0 Å². The number of nitrogens with zero attached hydrogens (tertiary/aromatic N) is 1. The van der Waals surface area contributed by atoms with E-state index in [-0.39, 0.29) is 25.9 Å². The molecular weight excluding hydrogens is 446 g/mol. The van der Waals surface area contributed by atoms with Crippen molar-refractivity contribution >= 4 is 12.0 Å². The van der Waals surface area contributed by atoms with E-state index in [1.807, 2.05) is 31.2 Å². The van der Waals surface area contributed by atoms with E-state index in [9.17, 15) is 9.59 Å². The Kier molecular flexibility index (Phi) is 10.5. The Morgan fingerprint density at radius 1 is 1.00 bits per heavy atom. The first-order valence-electron chi connectivity index (χ1n) is 11.8. The Bertz CT molecular complexity index is 970. The molecule has 0 saturated heterocycles. The van der Waals surface area contributed by atoms with Gasteiger partial charge in [0.15, 0.2) is 6.79 Å². The highest BCUT2D eigenvalue weighted by Crippen LogP contribution is 2.20. The maximum absolute atomic E-state index is 12.5. The van der Waals surface area contributed by atoms with Crippen LogP contribution >= 0.6 is 0 Å². The van der Waals surface area contributed by atoms with Crippen LogP contribution in [0.25, 0.3) is 0 Å². The number of urea groups is 1. The maximum atomic E-state index is 12.5. The molecule has 192 valence electrons. The highest BCUT2D eigenvalue weighted by atomic mass is 16.7. The van der Waals surface area contributed by atoms with E-state index in [2.05, 4.69) is 13.0 Å². The quantitative estimate of drug-likeness (QED) is 0.269. The maximum Gasteiger partial charge on any atom is 0.315 e. The summed E-state index contributed by atoms with van der Waals surface area (Å²) in [6.07, 6.45) is 0.501. The van der Waals surface area contributed by atoms with E-state index in [0.717, 1.165) is 16.7 Å². The monoisotopic (exact) mass is 485 g/mol. The molecule has 8 nitrogen and oxygen atoms in total. The van der Waals surface area contributed by atoms with Crippen molar-refractivity contribution in [1.82, 2.24) is 4.90 Å². The second kappa shape index (κ2) is 13.1. The highest BCUT2D eigenvalue weighted by Gasteiger charge is 2.28. The smallest absolute Gasteiger partial charge is 0.315 e. The lowest BCUT2D eigenvalue weighted by atomic mass is 9.97. The van der Waals surface area contributed by atoms with Crippen molar-refractivity contribution in [1.29, 1.82) is 0 Å². The third kappa shape index (κ3) is 9.22. The summed E-state index contributed by atoms with van der Waals surface area (Å²) in [6.45, 7) is 10.8. The molecule has 0 spiro atoms. The van der Waals surface area contributed by atoms with E-state index in [1.54, 1.807) is 37.8 Å². The number of esters is 1. The second-order valence-electron chi connectivity index (χ2n) is 9.69. The predicted octanol–water partition coefficient (Wildman–Crippen LogP) is 3.70. The van der Waals surface area contributed by atoms with Crippen LogP contribution in [0.15, 0.2) is 42.5 Å². The van der Waals surface area contributed by atoms with Gasteiger partial charge in [0.25, 0.3) is 0 Å². The van der Waals surface area contributed by atoms with Crippen molar-refractivity contribution in [2.24, 2.45) is 16.9 Å². The Hall–Kier alpha value is -3.10. The molecule has 8 heteroatoms. The lowest BCUT2D eigenvalue weighted by Gasteiger charge is -2.31. The average molecular weight is 486 g/mol. The van der Waals surface area contributed by atoms with Gasteiger partial charge in [-0.15, -0.1) is 0 Å². The summed E-state index contributed by atoms with van der Waals surface area (Å²) in [4.78, 5) is 26.5. The molecule has 0 aliphatic rings. The zero-order valence-electron chi connectivity index (χ0n) is 21.5. The molecule has 2 rings (SSSR count). The van der Waals surface area contributed by atoms with Gasteiger partial charge < -0.3 is 30.6 Å². The van der Waals surface area contributed by atoms with Crippen molar-refractivity contribution in [2.75, 3.05) is 26.6 Å². The van der Waals surface area contributed by atoms with Gasteiger partial charge in [-0.1, -0.05) is 30.3 Å². The molecule has 0 heterocycles. The first-order chi connectivity index (χ1) is 16.5. The van der Waals surface area contributed by atoms with Gasteiger partial charge in [0.05, 0.1) is 18.1 Å². The second-order valence-corrected chi connectivity index (χ2v) is 9.69. The van der Waals surface area contributed by atoms with Crippen LogP contribution in [0.4, 0.5) is 4.79 Å². The summed E-state index contributed by atoms with van der Waals surface area (Å²) in [5, 5.41) is 0. The van der Waals surface area contributed by atoms with Crippen LogP contribution in [-0.4, -0.2) is 49.5 Å². The molecule has 0 bridgehead atoms. The first-order valence-corrected chi connectivity index (χ1v) is 11.8. The molecule has 35 heavy (non-hydrogen) atoms. The topological polar surface area (TPSA) is 117 Å². The van der Waals surface area contributed by atoms with Crippen molar-refractivity contribution in [3.8, 4) is 5.75 Å². The van der Waals surface area contributed by atoms with E-state index in [4.69, 9.17) is 25.7 Å². The number of benzene rings is 2. The molecule has 0 aliphatic heterocycles. The van der Waals surface area contributed by atoms with E-state index >= 15 is 0 Å². The fourth-order valence-corrected chi connectivity index (χ4v) is 3.38. The van der Waals surface area contributed by atoms with Crippen LogP contribution in [0.2, 0.25) is 0 Å². The van der Waals surface area contributed by atoms with E-state index < -0.39 is 17.5 Å². The van der Waals surface area contributed by atoms with Gasteiger partial charge in [-0.3, -0.25) is 4.79 Å². The van der Waals surface area contributed by atoms with Crippen molar-refractivity contribution in [2.45, 2.75) is 53.6 Å². The summed E-state index contributed by atoms with van der Waals surface area (Å²) in [5.41, 5.74) is 14.8. The summed E-state index contributed by atoms with van der Waals surface area (Å²) in [7, 11) is 0. The third-order valence-corrected chi connectivity index (χ3v) is 5.63. The van der Waals surface area contributed by atoms with E-state index in [0.29, 0.717) is 25.3 Å². The molecular formula is C27H39N3O5. The number of rotatable bonds is 12. The van der Waals surface area contributed by atoms with Crippen LogP contribution in [0.5, 0.6) is 5.75 Å². The molecule has 4 N–H and O–H groups in total. The average Bonchev–Trinajstić information content (AvgIpc) is 2.80. The minimum Gasteiger partial charge on any atom is -0.468 e. The van der Waals surface area contributed by atoms with Gasteiger partial charge in [0.1, 0.15) is 12.4 Å². The number of aryl methyl sites for hydroxylation is 2. The summed E-state index contributed by atoms with van der Waals surface area (Å²) in [6, 6.07) is 12.5. The molecule has 0 saturated carbocycles. The van der Waals surface area contributed by atoms with E-state index in [1.165, 1.54) is 5.56 Å². The van der Waals surface area contributed by atoms with Crippen LogP contribution in [0, 0.1) is 19.3 Å². The van der Waals surface area contributed by atoms with Gasteiger partial charge in [-0.25, -0.2) is 4.79 Å². The summed E-state index contributed by atoms with van der Waals surface area (Å²) < 4.78 is 16.4. The fraction of sp³-hybridized carbons (Fsp3) is 0.481. The molecule has 2 aromatic carbocycles. The number of carbonyl (C=O) groups is 2. The van der Waals surface area contributed by atoms with Crippen molar-refractivity contribution < 1.29 is 23.8 Å². The number of carbonyl (C=O) groups excluding carboxylic acids is 2. The van der Waals surface area contributed by atoms with Crippen LogP contribution in [-0.2, 0) is 27.2 Å². The van der Waals surface area contributed by atoms with Crippen LogP contribution in [0.3, 0.4) is 0 Å². The number of primary amides is 1. The van der Waals surface area contributed by atoms with Crippen LogP contribution in [0.1, 0.15) is 43.0 Å². The summed E-state index contributed by atoms with van der Waals surface area (Å²) >= 11 is 0. The largest absolute Gasteiger partial charge is 0.468 e. The standard InChI is InChI=1S/C27H39N3O5/c1-19-6-7-22(14-20(19)2)15-23(17-34-25(31)27(3,4)5)30(26(29)32)16-21-8-10-24(11-9-21)35-18-33-13-12-28/h6-11,14,23H,12-13,15-18,28H2,1-5H3,(H2,29,32). The molecule has 1 unspecified atom stereocenters. The van der Waals surface area contributed by atoms with Gasteiger partial charge in [0, 0.05) is 13.1 Å². The first kappa shape index (κ1) is 28.1. The Morgan fingerprint density at radius 3 is 2.23 bits per heavy atom. The van der Waals surface area contributed by atoms with Gasteiger partial charge >= 0.3 is 12.0 Å². The zero-order valence-corrected chi connectivity index (χ0v) is 21.5. The minimum atomic E-state index is -0.647. The molecule has 0 aliphatic carbocycles. The Labute approximate surface area is 208 Å². The minimum absolute atomic E-state index is 0.0473. The molecule has 0 aromatic heterocycles. The number of nitrogens with two attached hydrogens (primary N) is 2. The summed E-state index contributed by atoms with van der Waals surface area (Å²) in [5.74, 6) is 0.313. The Morgan fingerprint density at radius 2 is 1.66 bits per heavy atom. The number of hydrogen-bond donors (Lipinski definition) is 2. The zero-order chi connectivity index (χ0) is 26.0. The highest BCUT2D eigenvalue weighted by molar-refractivity contribution is 5.75. The molecule has 2 aromatic rings. The normalized spacial score (nSPS) is 12.2. The van der Waals surface area contributed by atoms with Gasteiger partial charge in [-0.05, 0) is 75.4 Å². The van der Waals surface area contributed by atoms with Crippen molar-refractivity contribution in [3.63, 3.8) is 0 Å². The molecule has 0 fully saturated rings. The molecule has 0 radical (unpaired) electrons. The van der Waals surface area contributed by atoms with Crippen molar-refractivity contribution in [3.05, 3.63) is 64.7 Å². The van der Waals surface area contributed by atoms with Gasteiger partial charge in [-0.2, -0.15) is 0 Å². The number of ether oxygens (including phenoxy) is 3.